The zero-order valence-electron chi connectivity index (χ0n) is 9.97. The van der Waals surface area contributed by atoms with Gasteiger partial charge in [-0.25, -0.2) is 0 Å². The summed E-state index contributed by atoms with van der Waals surface area (Å²) in [6.45, 7) is 4.62. The van der Waals surface area contributed by atoms with Gasteiger partial charge in [-0.3, -0.25) is 0 Å². The van der Waals surface area contributed by atoms with Crippen molar-refractivity contribution in [3.8, 4) is 0 Å². The minimum Gasteiger partial charge on any atom is -0.327 e. The summed E-state index contributed by atoms with van der Waals surface area (Å²) in [5.41, 5.74) is 6.02. The van der Waals surface area contributed by atoms with E-state index in [0.29, 0.717) is 6.04 Å². The fraction of sp³-hybridized carbons (Fsp3) is 1.00. The lowest BCUT2D eigenvalue weighted by molar-refractivity contribution is 0.355. The summed E-state index contributed by atoms with van der Waals surface area (Å²) in [4.78, 5) is 0. The fourth-order valence-electron chi connectivity index (χ4n) is 2.70. The molecule has 0 radical (unpaired) electrons. The highest BCUT2D eigenvalue weighted by molar-refractivity contribution is 4.84. The Labute approximate surface area is 89.5 Å². The quantitative estimate of drug-likeness (QED) is 0.645. The van der Waals surface area contributed by atoms with Gasteiger partial charge in [0.15, 0.2) is 0 Å². The predicted octanol–water partition coefficient (Wildman–Crippen LogP) is 3.72. The molecule has 14 heavy (non-hydrogen) atoms. The average molecular weight is 197 g/mol. The molecule has 1 aliphatic rings. The normalized spacial score (nSPS) is 32.4. The first kappa shape index (κ1) is 12.0. The van der Waals surface area contributed by atoms with Gasteiger partial charge in [0.2, 0.25) is 0 Å². The Morgan fingerprint density at radius 2 is 1.79 bits per heavy atom. The second kappa shape index (κ2) is 6.44. The van der Waals surface area contributed by atoms with Crippen LogP contribution in [0.3, 0.4) is 0 Å². The number of hydrogen-bond donors (Lipinski definition) is 1. The molecule has 1 saturated carbocycles. The molecule has 1 aliphatic carbocycles. The highest BCUT2D eigenvalue weighted by Crippen LogP contribution is 2.34. The van der Waals surface area contributed by atoms with Gasteiger partial charge in [0.25, 0.3) is 0 Å². The Kier molecular flexibility index (Phi) is 5.54. The first-order valence-electron chi connectivity index (χ1n) is 6.51. The zero-order valence-corrected chi connectivity index (χ0v) is 9.97. The minimum absolute atomic E-state index is 0.496. The third kappa shape index (κ3) is 3.61. The van der Waals surface area contributed by atoms with Crippen molar-refractivity contribution in [3.63, 3.8) is 0 Å². The topological polar surface area (TPSA) is 26.0 Å². The third-order valence-electron chi connectivity index (χ3n) is 3.97. The Bertz CT molecular complexity index is 144. The van der Waals surface area contributed by atoms with Crippen molar-refractivity contribution in [2.75, 3.05) is 0 Å². The van der Waals surface area contributed by atoms with Crippen molar-refractivity contribution in [2.45, 2.75) is 71.3 Å². The van der Waals surface area contributed by atoms with Crippen molar-refractivity contribution < 1.29 is 0 Å². The van der Waals surface area contributed by atoms with Crippen LogP contribution in [-0.4, -0.2) is 6.04 Å². The van der Waals surface area contributed by atoms with Gasteiger partial charge in [-0.1, -0.05) is 52.4 Å². The summed E-state index contributed by atoms with van der Waals surface area (Å²) >= 11 is 0. The van der Waals surface area contributed by atoms with Gasteiger partial charge in [-0.05, 0) is 24.7 Å². The summed E-state index contributed by atoms with van der Waals surface area (Å²) < 4.78 is 0. The third-order valence-corrected chi connectivity index (χ3v) is 3.97. The van der Waals surface area contributed by atoms with E-state index < -0.39 is 0 Å². The van der Waals surface area contributed by atoms with Gasteiger partial charge in [-0.15, -0.1) is 0 Å². The Morgan fingerprint density at radius 1 is 1.07 bits per heavy atom. The maximum absolute atomic E-state index is 6.02. The monoisotopic (exact) mass is 197 g/mol. The molecule has 0 heterocycles. The average Bonchev–Trinajstić information content (AvgIpc) is 2.49. The van der Waals surface area contributed by atoms with Gasteiger partial charge in [0.05, 0.1) is 0 Å². The van der Waals surface area contributed by atoms with E-state index in [9.17, 15) is 0 Å². The SMILES string of the molecule is CCCCCCCC1CCC(N)C1C. The molecule has 0 aromatic rings. The molecule has 0 bridgehead atoms. The highest BCUT2D eigenvalue weighted by Gasteiger charge is 2.29. The molecule has 0 aromatic carbocycles. The molecule has 3 atom stereocenters. The van der Waals surface area contributed by atoms with Crippen LogP contribution in [0.4, 0.5) is 0 Å². The molecule has 84 valence electrons. The van der Waals surface area contributed by atoms with Gasteiger partial charge in [-0.2, -0.15) is 0 Å². The zero-order chi connectivity index (χ0) is 10.4. The van der Waals surface area contributed by atoms with Crippen LogP contribution in [-0.2, 0) is 0 Å². The molecule has 1 rings (SSSR count). The lowest BCUT2D eigenvalue weighted by atomic mass is 9.91. The van der Waals surface area contributed by atoms with E-state index in [1.165, 1.54) is 51.4 Å². The predicted molar refractivity (Wildman–Crippen MR) is 63.2 cm³/mol. The molecular formula is C13H27N. The van der Waals surface area contributed by atoms with E-state index in [4.69, 9.17) is 5.73 Å². The smallest absolute Gasteiger partial charge is 0.00672 e. The molecule has 0 aliphatic heterocycles. The van der Waals surface area contributed by atoms with Crippen LogP contribution in [0.2, 0.25) is 0 Å². The van der Waals surface area contributed by atoms with Gasteiger partial charge >= 0.3 is 0 Å². The largest absolute Gasteiger partial charge is 0.327 e. The van der Waals surface area contributed by atoms with E-state index in [0.717, 1.165) is 11.8 Å². The van der Waals surface area contributed by atoms with Gasteiger partial charge in [0, 0.05) is 6.04 Å². The lowest BCUT2D eigenvalue weighted by Crippen LogP contribution is -2.25. The molecule has 0 saturated heterocycles. The maximum atomic E-state index is 6.02. The Morgan fingerprint density at radius 3 is 2.36 bits per heavy atom. The summed E-state index contributed by atoms with van der Waals surface area (Å²) in [6, 6.07) is 0.496. The Hall–Kier alpha value is -0.0400. The molecule has 0 spiro atoms. The second-order valence-corrected chi connectivity index (χ2v) is 5.06. The molecule has 0 amide bonds. The van der Waals surface area contributed by atoms with E-state index in [2.05, 4.69) is 13.8 Å². The summed E-state index contributed by atoms with van der Waals surface area (Å²) in [7, 11) is 0. The van der Waals surface area contributed by atoms with Crippen molar-refractivity contribution in [1.82, 2.24) is 0 Å². The highest BCUT2D eigenvalue weighted by atomic mass is 14.7. The van der Waals surface area contributed by atoms with Crippen molar-refractivity contribution in [3.05, 3.63) is 0 Å². The van der Waals surface area contributed by atoms with E-state index in [1.54, 1.807) is 0 Å². The van der Waals surface area contributed by atoms with Gasteiger partial charge < -0.3 is 5.73 Å². The minimum atomic E-state index is 0.496. The van der Waals surface area contributed by atoms with Crippen LogP contribution < -0.4 is 5.73 Å². The molecule has 3 unspecified atom stereocenters. The van der Waals surface area contributed by atoms with Crippen LogP contribution >= 0.6 is 0 Å². The number of unbranched alkanes of at least 4 members (excludes halogenated alkanes) is 4. The van der Waals surface area contributed by atoms with Crippen LogP contribution in [0.1, 0.15) is 65.2 Å². The Balaban J connectivity index is 2.01. The molecule has 1 heteroatoms. The number of hydrogen-bond acceptors (Lipinski definition) is 1. The molecule has 0 aromatic heterocycles. The fourth-order valence-corrected chi connectivity index (χ4v) is 2.70. The maximum Gasteiger partial charge on any atom is 0.00672 e. The van der Waals surface area contributed by atoms with E-state index in [-0.39, 0.29) is 0 Å². The lowest BCUT2D eigenvalue weighted by Gasteiger charge is -2.17. The second-order valence-electron chi connectivity index (χ2n) is 5.06. The first-order chi connectivity index (χ1) is 6.75. The van der Waals surface area contributed by atoms with Crippen LogP contribution in [0.5, 0.6) is 0 Å². The van der Waals surface area contributed by atoms with Crippen molar-refractivity contribution in [1.29, 1.82) is 0 Å². The van der Waals surface area contributed by atoms with Crippen LogP contribution in [0.15, 0.2) is 0 Å². The summed E-state index contributed by atoms with van der Waals surface area (Å²) in [5, 5.41) is 0. The van der Waals surface area contributed by atoms with Crippen molar-refractivity contribution in [2.24, 2.45) is 17.6 Å². The summed E-state index contributed by atoms with van der Waals surface area (Å²) in [5.74, 6) is 1.72. The number of rotatable bonds is 6. The van der Waals surface area contributed by atoms with Crippen molar-refractivity contribution >= 4 is 0 Å². The van der Waals surface area contributed by atoms with Crippen LogP contribution in [0, 0.1) is 11.8 Å². The molecule has 1 fully saturated rings. The standard InChI is InChI=1S/C13H27N/c1-3-4-5-6-7-8-12-9-10-13(14)11(12)2/h11-13H,3-10,14H2,1-2H3. The van der Waals surface area contributed by atoms with E-state index >= 15 is 0 Å². The van der Waals surface area contributed by atoms with Crippen LogP contribution in [0.25, 0.3) is 0 Å². The molecule has 1 nitrogen and oxygen atoms in total. The van der Waals surface area contributed by atoms with E-state index in [1.807, 2.05) is 0 Å². The first-order valence-corrected chi connectivity index (χ1v) is 6.51. The summed E-state index contributed by atoms with van der Waals surface area (Å²) in [6.07, 6.45) is 11.2. The van der Waals surface area contributed by atoms with Gasteiger partial charge in [0.1, 0.15) is 0 Å². The molecule has 2 N–H and O–H groups in total. The number of nitrogens with two attached hydrogens (primary N) is 1. The molecular weight excluding hydrogens is 170 g/mol.